The van der Waals surface area contributed by atoms with Crippen LogP contribution in [0.1, 0.15) is 59.3 Å². The van der Waals surface area contributed by atoms with E-state index in [2.05, 4.69) is 39.0 Å². The van der Waals surface area contributed by atoms with Gasteiger partial charge in [0.2, 0.25) is 0 Å². The number of carbonyl (C=O) groups excluding carboxylic acids is 2. The molecule has 0 saturated heterocycles. The first kappa shape index (κ1) is 19.4. The summed E-state index contributed by atoms with van der Waals surface area (Å²) < 4.78 is 4.78. The van der Waals surface area contributed by atoms with Crippen molar-refractivity contribution >= 4 is 12.3 Å². The predicted octanol–water partition coefficient (Wildman–Crippen LogP) is 4.78. The number of allylic oxidation sites excluding steroid dienone is 6. The number of methoxy groups -OCH3 is 1. The molecule has 2 atom stereocenters. The van der Waals surface area contributed by atoms with Gasteiger partial charge in [0.05, 0.1) is 13.0 Å². The van der Waals surface area contributed by atoms with Crippen LogP contribution in [0.4, 0.5) is 0 Å². The van der Waals surface area contributed by atoms with Crippen LogP contribution in [-0.4, -0.2) is 19.4 Å². The smallest absolute Gasteiger partial charge is 0.309 e. The Bertz CT molecular complexity index is 493. The third kappa shape index (κ3) is 6.98. The second-order valence-corrected chi connectivity index (χ2v) is 6.64. The zero-order valence-corrected chi connectivity index (χ0v) is 14.9. The second-order valence-electron chi connectivity index (χ2n) is 6.64. The molecule has 0 radical (unpaired) electrons. The summed E-state index contributed by atoms with van der Waals surface area (Å²) in [6, 6.07) is 0. The lowest BCUT2D eigenvalue weighted by atomic mass is 9.79. The summed E-state index contributed by atoms with van der Waals surface area (Å²) in [5.41, 5.74) is 4.07. The molecule has 3 heteroatoms. The van der Waals surface area contributed by atoms with E-state index in [9.17, 15) is 9.59 Å². The van der Waals surface area contributed by atoms with E-state index in [0.717, 1.165) is 32.0 Å². The number of carbonyl (C=O) groups is 2. The largest absolute Gasteiger partial charge is 0.469 e. The molecule has 0 aromatic heterocycles. The number of rotatable bonds is 8. The summed E-state index contributed by atoms with van der Waals surface area (Å²) in [6.07, 6.45) is 13.1. The maximum atomic E-state index is 11.7. The average molecular weight is 318 g/mol. The Morgan fingerprint density at radius 3 is 2.61 bits per heavy atom. The van der Waals surface area contributed by atoms with Crippen molar-refractivity contribution in [2.75, 3.05) is 7.11 Å². The molecule has 0 fully saturated rings. The standard InChI is InChI=1S/C20H30O3/c1-15(2)7-5-8-16(3)9-6-10-17-11-12-19(20(22)23-4)18(13-17)14-21/h7,9,11,14,18-19H,5-6,8,10,12-13H2,1-4H3/b16-9+. The van der Waals surface area contributed by atoms with Crippen molar-refractivity contribution in [1.82, 2.24) is 0 Å². The van der Waals surface area contributed by atoms with Crippen LogP contribution in [0.2, 0.25) is 0 Å². The van der Waals surface area contributed by atoms with Crippen molar-refractivity contribution in [3.05, 3.63) is 34.9 Å². The molecule has 0 aromatic rings. The number of ether oxygens (including phenoxy) is 1. The topological polar surface area (TPSA) is 43.4 Å². The fourth-order valence-corrected chi connectivity index (χ4v) is 2.96. The lowest BCUT2D eigenvalue weighted by Crippen LogP contribution is -2.28. The van der Waals surface area contributed by atoms with Gasteiger partial charge in [-0.05, 0) is 59.3 Å². The van der Waals surface area contributed by atoms with E-state index in [1.165, 1.54) is 23.8 Å². The highest BCUT2D eigenvalue weighted by atomic mass is 16.5. The second kappa shape index (κ2) is 10.2. The van der Waals surface area contributed by atoms with Crippen LogP contribution in [0.25, 0.3) is 0 Å². The summed E-state index contributed by atoms with van der Waals surface area (Å²) >= 11 is 0. The molecule has 0 N–H and O–H groups in total. The number of esters is 1. The van der Waals surface area contributed by atoms with E-state index in [-0.39, 0.29) is 17.8 Å². The highest BCUT2D eigenvalue weighted by Crippen LogP contribution is 2.31. The van der Waals surface area contributed by atoms with Crippen LogP contribution in [0.15, 0.2) is 34.9 Å². The van der Waals surface area contributed by atoms with E-state index in [1.807, 2.05) is 0 Å². The number of hydrogen-bond acceptors (Lipinski definition) is 3. The SMILES string of the molecule is COC(=O)C1CC=C(CC/C=C(\C)CCC=C(C)C)CC1C=O. The molecule has 0 aliphatic heterocycles. The molecule has 23 heavy (non-hydrogen) atoms. The molecule has 2 unspecified atom stereocenters. The fraction of sp³-hybridized carbons (Fsp3) is 0.600. The summed E-state index contributed by atoms with van der Waals surface area (Å²) in [5.74, 6) is -0.805. The van der Waals surface area contributed by atoms with Crippen LogP contribution in [0, 0.1) is 11.8 Å². The van der Waals surface area contributed by atoms with Crippen LogP contribution in [0.5, 0.6) is 0 Å². The van der Waals surface area contributed by atoms with Crippen LogP contribution >= 0.6 is 0 Å². The summed E-state index contributed by atoms with van der Waals surface area (Å²) in [4.78, 5) is 22.9. The summed E-state index contributed by atoms with van der Waals surface area (Å²) in [6.45, 7) is 6.43. The minimum absolute atomic E-state index is 0.231. The molecule has 0 aromatic carbocycles. The zero-order valence-electron chi connectivity index (χ0n) is 14.9. The van der Waals surface area contributed by atoms with Gasteiger partial charge >= 0.3 is 5.97 Å². The highest BCUT2D eigenvalue weighted by Gasteiger charge is 2.31. The van der Waals surface area contributed by atoms with Crippen molar-refractivity contribution < 1.29 is 14.3 Å². The summed E-state index contributed by atoms with van der Waals surface area (Å²) in [7, 11) is 1.38. The molecule has 0 spiro atoms. The van der Waals surface area contributed by atoms with Gasteiger partial charge in [0, 0.05) is 5.92 Å². The summed E-state index contributed by atoms with van der Waals surface area (Å²) in [5, 5.41) is 0. The van der Waals surface area contributed by atoms with Crippen LogP contribution in [0.3, 0.4) is 0 Å². The first-order valence-corrected chi connectivity index (χ1v) is 8.48. The molecule has 128 valence electrons. The Labute approximate surface area is 140 Å². The molecule has 1 aliphatic carbocycles. The Morgan fingerprint density at radius 2 is 2.00 bits per heavy atom. The molecule has 0 saturated carbocycles. The van der Waals surface area contributed by atoms with Crippen molar-refractivity contribution in [2.24, 2.45) is 11.8 Å². The quantitative estimate of drug-likeness (QED) is 0.367. The first-order valence-electron chi connectivity index (χ1n) is 8.48. The Morgan fingerprint density at radius 1 is 1.26 bits per heavy atom. The molecule has 1 rings (SSSR count). The molecular weight excluding hydrogens is 288 g/mol. The Kier molecular flexibility index (Phi) is 8.60. The van der Waals surface area contributed by atoms with E-state index >= 15 is 0 Å². The maximum Gasteiger partial charge on any atom is 0.309 e. The van der Waals surface area contributed by atoms with E-state index in [4.69, 9.17) is 4.74 Å². The van der Waals surface area contributed by atoms with Gasteiger partial charge < -0.3 is 9.53 Å². The van der Waals surface area contributed by atoms with E-state index in [0.29, 0.717) is 12.8 Å². The lowest BCUT2D eigenvalue weighted by Gasteiger charge is -2.25. The normalized spacial score (nSPS) is 21.4. The van der Waals surface area contributed by atoms with Gasteiger partial charge in [0.25, 0.3) is 0 Å². The molecular formula is C20H30O3. The van der Waals surface area contributed by atoms with E-state index in [1.54, 1.807) is 0 Å². The highest BCUT2D eigenvalue weighted by molar-refractivity contribution is 5.77. The molecule has 0 heterocycles. The molecule has 3 nitrogen and oxygen atoms in total. The third-order valence-corrected chi connectivity index (χ3v) is 4.40. The minimum atomic E-state index is -0.303. The third-order valence-electron chi connectivity index (χ3n) is 4.40. The lowest BCUT2D eigenvalue weighted by molar-refractivity contribution is -0.148. The number of aldehydes is 1. The van der Waals surface area contributed by atoms with Gasteiger partial charge in [-0.15, -0.1) is 0 Å². The molecule has 1 aliphatic rings. The number of hydrogen-bond donors (Lipinski definition) is 0. The van der Waals surface area contributed by atoms with Gasteiger partial charge in [0.1, 0.15) is 6.29 Å². The predicted molar refractivity (Wildman–Crippen MR) is 94.0 cm³/mol. The molecule has 0 bridgehead atoms. The Balaban J connectivity index is 2.46. The zero-order chi connectivity index (χ0) is 17.2. The van der Waals surface area contributed by atoms with Crippen molar-refractivity contribution in [2.45, 2.75) is 59.3 Å². The maximum absolute atomic E-state index is 11.7. The van der Waals surface area contributed by atoms with Gasteiger partial charge in [0.15, 0.2) is 0 Å². The monoisotopic (exact) mass is 318 g/mol. The van der Waals surface area contributed by atoms with Gasteiger partial charge in [-0.25, -0.2) is 0 Å². The van der Waals surface area contributed by atoms with Crippen molar-refractivity contribution in [3.63, 3.8) is 0 Å². The van der Waals surface area contributed by atoms with E-state index < -0.39 is 0 Å². The Hall–Kier alpha value is -1.64. The van der Waals surface area contributed by atoms with Crippen molar-refractivity contribution in [3.8, 4) is 0 Å². The fourth-order valence-electron chi connectivity index (χ4n) is 2.96. The van der Waals surface area contributed by atoms with Crippen LogP contribution < -0.4 is 0 Å². The van der Waals surface area contributed by atoms with Crippen LogP contribution in [-0.2, 0) is 14.3 Å². The first-order chi connectivity index (χ1) is 11.0. The van der Waals surface area contributed by atoms with Gasteiger partial charge in [-0.1, -0.05) is 34.9 Å². The molecule has 0 amide bonds. The van der Waals surface area contributed by atoms with Crippen molar-refractivity contribution in [1.29, 1.82) is 0 Å². The van der Waals surface area contributed by atoms with Gasteiger partial charge in [-0.3, -0.25) is 4.79 Å². The minimum Gasteiger partial charge on any atom is -0.469 e. The van der Waals surface area contributed by atoms with Gasteiger partial charge in [-0.2, -0.15) is 0 Å². The average Bonchev–Trinajstić information content (AvgIpc) is 2.53.